The maximum Gasteiger partial charge on any atom is 0.00388 e. The zero-order valence-electron chi connectivity index (χ0n) is 11.4. The Labute approximate surface area is 102 Å². The fourth-order valence-corrected chi connectivity index (χ4v) is 2.03. The molecule has 16 heavy (non-hydrogen) atoms. The molecule has 2 heteroatoms. The van der Waals surface area contributed by atoms with Crippen LogP contribution in [0.15, 0.2) is 0 Å². The second kappa shape index (κ2) is 11.4. The number of hydrogen-bond donors (Lipinski definition) is 2. The van der Waals surface area contributed by atoms with E-state index in [1.54, 1.807) is 0 Å². The lowest BCUT2D eigenvalue weighted by molar-refractivity contribution is 0.471. The molecular weight excluding hydrogens is 196 g/mol. The molecule has 4 N–H and O–H groups in total. The van der Waals surface area contributed by atoms with Crippen molar-refractivity contribution in [1.82, 2.24) is 0 Å². The molecule has 0 aromatic rings. The Bertz CT molecular complexity index is 121. The zero-order chi connectivity index (χ0) is 12.2. The summed E-state index contributed by atoms with van der Waals surface area (Å²) in [6.45, 7) is 4.44. The van der Waals surface area contributed by atoms with Crippen molar-refractivity contribution >= 4 is 0 Å². The van der Waals surface area contributed by atoms with E-state index in [9.17, 15) is 0 Å². The maximum atomic E-state index is 6.03. The van der Waals surface area contributed by atoms with Crippen molar-refractivity contribution in [3.63, 3.8) is 0 Å². The van der Waals surface area contributed by atoms with Gasteiger partial charge >= 0.3 is 0 Å². The Morgan fingerprint density at radius 3 is 1.25 bits per heavy atom. The Hall–Kier alpha value is -0.0800. The fourth-order valence-electron chi connectivity index (χ4n) is 2.03. The van der Waals surface area contributed by atoms with Gasteiger partial charge in [0.05, 0.1) is 0 Å². The summed E-state index contributed by atoms with van der Waals surface area (Å²) in [5.74, 6) is 0. The lowest BCUT2D eigenvalue weighted by Crippen LogP contribution is -2.21. The lowest BCUT2D eigenvalue weighted by atomic mass is 10.0. The van der Waals surface area contributed by atoms with E-state index in [0.29, 0.717) is 12.1 Å². The van der Waals surface area contributed by atoms with Crippen molar-refractivity contribution in [1.29, 1.82) is 0 Å². The average molecular weight is 228 g/mol. The Morgan fingerprint density at radius 1 is 0.625 bits per heavy atom. The lowest BCUT2D eigenvalue weighted by Gasteiger charge is -2.13. The standard InChI is InChI=1S/C14H32N2/c1-3-5-9-13(15)11-7-8-12-14(16)10-6-4-2/h13-14H,3-12,15-16H2,1-2H3. The molecule has 0 aromatic heterocycles. The first-order chi connectivity index (χ1) is 7.70. The van der Waals surface area contributed by atoms with Crippen LogP contribution in [-0.2, 0) is 0 Å². The summed E-state index contributed by atoms with van der Waals surface area (Å²) >= 11 is 0. The molecule has 0 aliphatic carbocycles. The third-order valence-electron chi connectivity index (χ3n) is 3.26. The van der Waals surface area contributed by atoms with Crippen molar-refractivity contribution < 1.29 is 0 Å². The molecule has 0 saturated carbocycles. The van der Waals surface area contributed by atoms with E-state index in [-0.39, 0.29) is 0 Å². The summed E-state index contributed by atoms with van der Waals surface area (Å²) in [4.78, 5) is 0. The van der Waals surface area contributed by atoms with Gasteiger partial charge in [-0.15, -0.1) is 0 Å². The second-order valence-corrected chi connectivity index (χ2v) is 5.09. The fraction of sp³-hybridized carbons (Fsp3) is 1.00. The first kappa shape index (κ1) is 15.9. The zero-order valence-corrected chi connectivity index (χ0v) is 11.4. The summed E-state index contributed by atoms with van der Waals surface area (Å²) in [7, 11) is 0. The van der Waals surface area contributed by atoms with Gasteiger partial charge in [0.25, 0.3) is 0 Å². The molecule has 2 atom stereocenters. The van der Waals surface area contributed by atoms with Gasteiger partial charge in [-0.1, -0.05) is 52.4 Å². The minimum absolute atomic E-state index is 0.423. The third-order valence-corrected chi connectivity index (χ3v) is 3.26. The predicted octanol–water partition coefficient (Wildman–Crippen LogP) is 3.58. The summed E-state index contributed by atoms with van der Waals surface area (Å²) in [5, 5.41) is 0. The highest BCUT2D eigenvalue weighted by molar-refractivity contribution is 4.64. The molecule has 98 valence electrons. The minimum Gasteiger partial charge on any atom is -0.328 e. The Balaban J connectivity index is 3.24. The molecule has 2 unspecified atom stereocenters. The van der Waals surface area contributed by atoms with Gasteiger partial charge in [-0.25, -0.2) is 0 Å². The highest BCUT2D eigenvalue weighted by Gasteiger charge is 2.04. The molecule has 0 amide bonds. The average Bonchev–Trinajstić information content (AvgIpc) is 2.29. The van der Waals surface area contributed by atoms with Gasteiger partial charge in [-0.3, -0.25) is 0 Å². The second-order valence-electron chi connectivity index (χ2n) is 5.09. The Kier molecular flexibility index (Phi) is 11.3. The molecule has 0 rings (SSSR count). The predicted molar refractivity (Wildman–Crippen MR) is 73.5 cm³/mol. The topological polar surface area (TPSA) is 52.0 Å². The van der Waals surface area contributed by atoms with Crippen LogP contribution in [0.5, 0.6) is 0 Å². The highest BCUT2D eigenvalue weighted by atomic mass is 14.6. The molecule has 0 radical (unpaired) electrons. The summed E-state index contributed by atoms with van der Waals surface area (Å²) in [5.41, 5.74) is 12.1. The summed E-state index contributed by atoms with van der Waals surface area (Å²) in [6, 6.07) is 0.846. The van der Waals surface area contributed by atoms with E-state index >= 15 is 0 Å². The van der Waals surface area contributed by atoms with Gasteiger partial charge in [-0.05, 0) is 25.7 Å². The van der Waals surface area contributed by atoms with Gasteiger partial charge in [0.15, 0.2) is 0 Å². The van der Waals surface area contributed by atoms with Crippen LogP contribution in [0.3, 0.4) is 0 Å². The smallest absolute Gasteiger partial charge is 0.00388 e. The van der Waals surface area contributed by atoms with E-state index in [1.165, 1.54) is 64.2 Å². The molecular formula is C14H32N2. The third kappa shape index (κ3) is 10.4. The van der Waals surface area contributed by atoms with E-state index in [1.807, 2.05) is 0 Å². The molecule has 2 nitrogen and oxygen atoms in total. The molecule has 0 aromatic carbocycles. The van der Waals surface area contributed by atoms with Crippen molar-refractivity contribution in [3.05, 3.63) is 0 Å². The molecule has 0 aliphatic heterocycles. The molecule has 0 bridgehead atoms. The maximum absolute atomic E-state index is 6.03. The summed E-state index contributed by atoms with van der Waals surface area (Å²) < 4.78 is 0. The van der Waals surface area contributed by atoms with E-state index in [4.69, 9.17) is 11.5 Å². The quantitative estimate of drug-likeness (QED) is 0.531. The van der Waals surface area contributed by atoms with Crippen LogP contribution in [-0.4, -0.2) is 12.1 Å². The van der Waals surface area contributed by atoms with Gasteiger partial charge < -0.3 is 11.5 Å². The molecule has 0 spiro atoms. The number of nitrogens with two attached hydrogens (primary N) is 2. The molecule has 0 aliphatic rings. The SMILES string of the molecule is CCCCC(N)CCCCC(N)CCCC. The first-order valence-electron chi connectivity index (χ1n) is 7.21. The molecule has 0 fully saturated rings. The van der Waals surface area contributed by atoms with Gasteiger partial charge in [-0.2, -0.15) is 0 Å². The largest absolute Gasteiger partial charge is 0.328 e. The van der Waals surface area contributed by atoms with Crippen molar-refractivity contribution in [2.75, 3.05) is 0 Å². The number of rotatable bonds is 11. The first-order valence-corrected chi connectivity index (χ1v) is 7.21. The van der Waals surface area contributed by atoms with Crippen LogP contribution < -0.4 is 11.5 Å². The Morgan fingerprint density at radius 2 is 0.938 bits per heavy atom. The summed E-state index contributed by atoms with van der Waals surface area (Å²) in [6.07, 6.45) is 12.3. The minimum atomic E-state index is 0.423. The molecule has 0 heterocycles. The van der Waals surface area contributed by atoms with Crippen LogP contribution in [0.4, 0.5) is 0 Å². The van der Waals surface area contributed by atoms with Crippen LogP contribution in [0.2, 0.25) is 0 Å². The van der Waals surface area contributed by atoms with Crippen molar-refractivity contribution in [2.45, 2.75) is 90.1 Å². The molecule has 0 saturated heterocycles. The van der Waals surface area contributed by atoms with Gasteiger partial charge in [0.2, 0.25) is 0 Å². The van der Waals surface area contributed by atoms with Crippen LogP contribution in [0, 0.1) is 0 Å². The number of unbranched alkanes of at least 4 members (excludes halogenated alkanes) is 3. The monoisotopic (exact) mass is 228 g/mol. The van der Waals surface area contributed by atoms with E-state index < -0.39 is 0 Å². The van der Waals surface area contributed by atoms with Crippen LogP contribution in [0.1, 0.15) is 78.1 Å². The van der Waals surface area contributed by atoms with Crippen molar-refractivity contribution in [3.8, 4) is 0 Å². The van der Waals surface area contributed by atoms with Gasteiger partial charge in [0.1, 0.15) is 0 Å². The van der Waals surface area contributed by atoms with E-state index in [2.05, 4.69) is 13.8 Å². The van der Waals surface area contributed by atoms with Crippen LogP contribution in [0.25, 0.3) is 0 Å². The van der Waals surface area contributed by atoms with Crippen LogP contribution >= 0.6 is 0 Å². The highest BCUT2D eigenvalue weighted by Crippen LogP contribution is 2.11. The number of hydrogen-bond acceptors (Lipinski definition) is 2. The van der Waals surface area contributed by atoms with Gasteiger partial charge in [0, 0.05) is 12.1 Å². The van der Waals surface area contributed by atoms with Crippen molar-refractivity contribution in [2.24, 2.45) is 11.5 Å². The normalized spacial score (nSPS) is 15.0. The van der Waals surface area contributed by atoms with E-state index in [0.717, 1.165) is 0 Å².